The van der Waals surface area contributed by atoms with E-state index < -0.39 is 28.3 Å². The minimum Gasteiger partial charge on any atom is -0.354 e. The van der Waals surface area contributed by atoms with Crippen molar-refractivity contribution in [1.82, 2.24) is 5.32 Å². The fraction of sp³-hybridized carbons (Fsp3) is 0.174. The number of hydrogen-bond acceptors (Lipinski definition) is 4. The van der Waals surface area contributed by atoms with Gasteiger partial charge in [0.2, 0.25) is 5.91 Å². The molecular weight excluding hydrogens is 435 g/mol. The second kappa shape index (κ2) is 10.5. The molecule has 0 saturated heterocycles. The number of nitrogens with zero attached hydrogens (tertiary/aromatic N) is 1. The molecule has 0 aliphatic rings. The maximum Gasteiger partial charge on any atom is 0.264 e. The number of nitrogens with one attached hydrogen (secondary N) is 1. The van der Waals surface area contributed by atoms with Crippen LogP contribution in [0.2, 0.25) is 0 Å². The Morgan fingerprint density at radius 2 is 1.71 bits per heavy atom. The molecule has 162 valence electrons. The van der Waals surface area contributed by atoms with Gasteiger partial charge < -0.3 is 5.32 Å². The predicted octanol–water partition coefficient (Wildman–Crippen LogP) is 4.10. The SMILES string of the molecule is CSc1ccc(S(=O)(=O)N(CC(=O)NCCc2ccccc2)c2cccc(F)c2)cc1. The Morgan fingerprint density at radius 3 is 2.35 bits per heavy atom. The summed E-state index contributed by atoms with van der Waals surface area (Å²) >= 11 is 1.49. The van der Waals surface area contributed by atoms with Gasteiger partial charge in [-0.05, 0) is 60.7 Å². The van der Waals surface area contributed by atoms with Crippen molar-refractivity contribution in [2.75, 3.05) is 23.7 Å². The molecule has 0 spiro atoms. The zero-order chi connectivity index (χ0) is 22.3. The number of sulfonamides is 1. The fourth-order valence-electron chi connectivity index (χ4n) is 3.00. The van der Waals surface area contributed by atoms with Crippen molar-refractivity contribution in [3.05, 3.63) is 90.2 Å². The number of anilines is 1. The highest BCUT2D eigenvalue weighted by Gasteiger charge is 2.27. The van der Waals surface area contributed by atoms with Gasteiger partial charge in [0.25, 0.3) is 10.0 Å². The van der Waals surface area contributed by atoms with E-state index in [4.69, 9.17) is 0 Å². The number of carbonyl (C=O) groups is 1. The number of hydrogen-bond donors (Lipinski definition) is 1. The van der Waals surface area contributed by atoms with E-state index in [-0.39, 0.29) is 10.6 Å². The predicted molar refractivity (Wildman–Crippen MR) is 122 cm³/mol. The third-order valence-electron chi connectivity index (χ3n) is 4.61. The molecule has 0 aliphatic heterocycles. The summed E-state index contributed by atoms with van der Waals surface area (Å²) in [7, 11) is -4.07. The number of thioether (sulfide) groups is 1. The van der Waals surface area contributed by atoms with Gasteiger partial charge in [-0.25, -0.2) is 12.8 Å². The lowest BCUT2D eigenvalue weighted by molar-refractivity contribution is -0.119. The second-order valence-electron chi connectivity index (χ2n) is 6.75. The van der Waals surface area contributed by atoms with Crippen LogP contribution in [0.15, 0.2) is 88.7 Å². The lowest BCUT2D eigenvalue weighted by atomic mass is 10.1. The minimum atomic E-state index is -4.07. The van der Waals surface area contributed by atoms with Crippen molar-refractivity contribution in [3.8, 4) is 0 Å². The van der Waals surface area contributed by atoms with Crippen LogP contribution in [0, 0.1) is 5.82 Å². The summed E-state index contributed by atoms with van der Waals surface area (Å²) in [5.41, 5.74) is 1.15. The van der Waals surface area contributed by atoms with Crippen LogP contribution in [0.25, 0.3) is 0 Å². The van der Waals surface area contributed by atoms with E-state index in [0.29, 0.717) is 13.0 Å². The van der Waals surface area contributed by atoms with Crippen LogP contribution < -0.4 is 9.62 Å². The Morgan fingerprint density at radius 1 is 1.00 bits per heavy atom. The molecule has 0 unspecified atom stereocenters. The average molecular weight is 459 g/mol. The lowest BCUT2D eigenvalue weighted by Gasteiger charge is -2.24. The molecule has 0 fully saturated rings. The minimum absolute atomic E-state index is 0.0339. The summed E-state index contributed by atoms with van der Waals surface area (Å²) in [5.74, 6) is -1.05. The van der Waals surface area contributed by atoms with Crippen molar-refractivity contribution in [3.63, 3.8) is 0 Å². The van der Waals surface area contributed by atoms with Crippen LogP contribution in [0.1, 0.15) is 5.56 Å². The molecule has 0 bridgehead atoms. The Kier molecular flexibility index (Phi) is 7.70. The summed E-state index contributed by atoms with van der Waals surface area (Å²) in [4.78, 5) is 13.5. The quantitative estimate of drug-likeness (QED) is 0.490. The Balaban J connectivity index is 1.80. The summed E-state index contributed by atoms with van der Waals surface area (Å²) in [6.07, 6.45) is 2.51. The zero-order valence-electron chi connectivity index (χ0n) is 17.0. The Bertz CT molecular complexity index is 1120. The molecule has 0 heterocycles. The largest absolute Gasteiger partial charge is 0.354 e. The van der Waals surface area contributed by atoms with Crippen molar-refractivity contribution < 1.29 is 17.6 Å². The number of benzene rings is 3. The van der Waals surface area contributed by atoms with E-state index >= 15 is 0 Å². The second-order valence-corrected chi connectivity index (χ2v) is 9.49. The molecule has 0 radical (unpaired) electrons. The molecule has 5 nitrogen and oxygen atoms in total. The van der Waals surface area contributed by atoms with E-state index in [1.165, 1.54) is 42.1 Å². The van der Waals surface area contributed by atoms with Gasteiger partial charge in [-0.2, -0.15) is 0 Å². The maximum atomic E-state index is 13.8. The third kappa shape index (κ3) is 6.08. The van der Waals surface area contributed by atoms with Crippen molar-refractivity contribution >= 4 is 33.4 Å². The fourth-order valence-corrected chi connectivity index (χ4v) is 4.82. The van der Waals surface area contributed by atoms with Crippen LogP contribution in [0.4, 0.5) is 10.1 Å². The highest BCUT2D eigenvalue weighted by Crippen LogP contribution is 2.25. The van der Waals surface area contributed by atoms with Gasteiger partial charge in [0.15, 0.2) is 0 Å². The van der Waals surface area contributed by atoms with E-state index in [9.17, 15) is 17.6 Å². The number of carbonyl (C=O) groups excluding carboxylic acids is 1. The van der Waals surface area contributed by atoms with Gasteiger partial charge in [0.05, 0.1) is 10.6 Å². The zero-order valence-corrected chi connectivity index (χ0v) is 18.6. The molecule has 3 rings (SSSR count). The molecule has 0 aromatic heterocycles. The lowest BCUT2D eigenvalue weighted by Crippen LogP contribution is -2.41. The van der Waals surface area contributed by atoms with Gasteiger partial charge in [-0.3, -0.25) is 9.10 Å². The van der Waals surface area contributed by atoms with E-state index in [1.807, 2.05) is 36.6 Å². The first-order chi connectivity index (χ1) is 14.9. The number of rotatable bonds is 9. The van der Waals surface area contributed by atoms with Crippen molar-refractivity contribution in [1.29, 1.82) is 0 Å². The van der Waals surface area contributed by atoms with Gasteiger partial charge >= 0.3 is 0 Å². The van der Waals surface area contributed by atoms with Gasteiger partial charge in [-0.15, -0.1) is 11.8 Å². The average Bonchev–Trinajstić information content (AvgIpc) is 2.78. The van der Waals surface area contributed by atoms with Crippen molar-refractivity contribution in [2.24, 2.45) is 0 Å². The first-order valence-corrected chi connectivity index (χ1v) is 12.3. The highest BCUT2D eigenvalue weighted by atomic mass is 32.2. The molecule has 1 N–H and O–H groups in total. The maximum absolute atomic E-state index is 13.8. The molecule has 1 amide bonds. The third-order valence-corrected chi connectivity index (χ3v) is 7.14. The van der Waals surface area contributed by atoms with E-state index in [1.54, 1.807) is 12.1 Å². The molecule has 0 atom stereocenters. The molecular formula is C23H23FN2O3S2. The van der Waals surface area contributed by atoms with Gasteiger partial charge in [0.1, 0.15) is 12.4 Å². The molecule has 0 aliphatic carbocycles. The Labute approximate surface area is 186 Å². The van der Waals surface area contributed by atoms with E-state index in [0.717, 1.165) is 20.8 Å². The van der Waals surface area contributed by atoms with Gasteiger partial charge in [-0.1, -0.05) is 36.4 Å². The normalized spacial score (nSPS) is 11.2. The molecule has 3 aromatic carbocycles. The summed E-state index contributed by atoms with van der Waals surface area (Å²) in [6, 6.07) is 21.2. The molecule has 31 heavy (non-hydrogen) atoms. The first kappa shape index (κ1) is 22.8. The highest BCUT2D eigenvalue weighted by molar-refractivity contribution is 7.98. The number of halogens is 1. The Hall–Kier alpha value is -2.84. The van der Waals surface area contributed by atoms with Gasteiger partial charge in [0, 0.05) is 11.4 Å². The monoisotopic (exact) mass is 458 g/mol. The van der Waals surface area contributed by atoms with Crippen LogP contribution in [-0.4, -0.2) is 33.7 Å². The summed E-state index contributed by atoms with van der Waals surface area (Å²) in [5, 5.41) is 2.75. The topological polar surface area (TPSA) is 66.5 Å². The van der Waals surface area contributed by atoms with Crippen LogP contribution in [-0.2, 0) is 21.2 Å². The standard InChI is InChI=1S/C23H23FN2O3S2/c1-30-21-10-12-22(13-11-21)31(28,29)26(20-9-5-8-19(24)16-20)17-23(27)25-15-14-18-6-3-2-4-7-18/h2-13,16H,14-15,17H2,1H3,(H,25,27). The van der Waals surface area contributed by atoms with E-state index in [2.05, 4.69) is 5.32 Å². The van der Waals surface area contributed by atoms with Crippen LogP contribution >= 0.6 is 11.8 Å². The molecule has 3 aromatic rings. The molecule has 8 heteroatoms. The smallest absolute Gasteiger partial charge is 0.264 e. The molecule has 0 saturated carbocycles. The summed E-state index contributed by atoms with van der Waals surface area (Å²) < 4.78 is 41.3. The summed E-state index contributed by atoms with van der Waals surface area (Å²) in [6.45, 7) is -0.0901. The first-order valence-electron chi connectivity index (χ1n) is 9.63. The van der Waals surface area contributed by atoms with Crippen molar-refractivity contribution in [2.45, 2.75) is 16.2 Å². The van der Waals surface area contributed by atoms with Crippen LogP contribution in [0.3, 0.4) is 0 Å². The number of amides is 1. The van der Waals surface area contributed by atoms with Crippen LogP contribution in [0.5, 0.6) is 0 Å².